The van der Waals surface area contributed by atoms with E-state index in [1.807, 2.05) is 41.8 Å². The lowest BCUT2D eigenvalue weighted by Gasteiger charge is -2.18. The predicted octanol–water partition coefficient (Wildman–Crippen LogP) is 3.40. The van der Waals surface area contributed by atoms with Crippen molar-refractivity contribution in [3.63, 3.8) is 0 Å². The third-order valence-corrected chi connectivity index (χ3v) is 4.62. The summed E-state index contributed by atoms with van der Waals surface area (Å²) in [5.41, 5.74) is 2.59. The summed E-state index contributed by atoms with van der Waals surface area (Å²) in [5, 5.41) is 10.8. The van der Waals surface area contributed by atoms with Crippen LogP contribution in [-0.2, 0) is 9.59 Å². The van der Waals surface area contributed by atoms with Crippen LogP contribution >= 0.6 is 11.3 Å². The Morgan fingerprint density at radius 1 is 1.22 bits per heavy atom. The van der Waals surface area contributed by atoms with Gasteiger partial charge in [0.25, 0.3) is 0 Å². The van der Waals surface area contributed by atoms with Gasteiger partial charge in [0.1, 0.15) is 0 Å². The average Bonchev–Trinajstić information content (AvgIpc) is 3.16. The quantitative estimate of drug-likeness (QED) is 0.939. The second-order valence-corrected chi connectivity index (χ2v) is 6.38. The van der Waals surface area contributed by atoms with Crippen molar-refractivity contribution in [1.82, 2.24) is 5.01 Å². The lowest BCUT2D eigenvalue weighted by Crippen LogP contribution is -2.23. The Morgan fingerprint density at radius 3 is 2.52 bits per heavy atom. The Labute approximate surface area is 138 Å². The van der Waals surface area contributed by atoms with Gasteiger partial charge in [-0.1, -0.05) is 18.2 Å². The van der Waals surface area contributed by atoms with Gasteiger partial charge in [-0.15, -0.1) is 11.3 Å². The van der Waals surface area contributed by atoms with Gasteiger partial charge in [0.15, 0.2) is 0 Å². The highest BCUT2D eigenvalue weighted by molar-refractivity contribution is 7.10. The summed E-state index contributed by atoms with van der Waals surface area (Å²) >= 11 is 1.63. The number of amides is 2. The molecule has 23 heavy (non-hydrogen) atoms. The van der Waals surface area contributed by atoms with Crippen LogP contribution in [0.3, 0.4) is 0 Å². The SMILES string of the molecule is CC(=O)Nc1ccc(C2=NN(C(C)=O)[C@H](c3cccs3)C2)cc1. The number of hydrogen-bond acceptors (Lipinski definition) is 4. The first-order valence-electron chi connectivity index (χ1n) is 7.33. The van der Waals surface area contributed by atoms with Crippen LogP contribution in [0.15, 0.2) is 46.9 Å². The number of carbonyl (C=O) groups excluding carboxylic acids is 2. The van der Waals surface area contributed by atoms with Gasteiger partial charge in [-0.2, -0.15) is 5.10 Å². The summed E-state index contributed by atoms with van der Waals surface area (Å²) < 4.78 is 0. The minimum Gasteiger partial charge on any atom is -0.326 e. The van der Waals surface area contributed by atoms with E-state index in [1.165, 1.54) is 13.8 Å². The minimum absolute atomic E-state index is 0.0301. The maximum absolute atomic E-state index is 11.9. The van der Waals surface area contributed by atoms with Gasteiger partial charge < -0.3 is 5.32 Å². The number of hydrogen-bond donors (Lipinski definition) is 1. The summed E-state index contributed by atoms with van der Waals surface area (Å²) in [5.74, 6) is -0.162. The van der Waals surface area contributed by atoms with Crippen LogP contribution in [0.5, 0.6) is 0 Å². The molecule has 2 aromatic rings. The average molecular weight is 327 g/mol. The van der Waals surface area contributed by atoms with Crippen molar-refractivity contribution in [3.8, 4) is 0 Å². The van der Waals surface area contributed by atoms with Gasteiger partial charge in [0.05, 0.1) is 11.8 Å². The first-order valence-corrected chi connectivity index (χ1v) is 8.21. The molecule has 1 aromatic heterocycles. The molecular formula is C17H17N3O2S. The lowest BCUT2D eigenvalue weighted by molar-refractivity contribution is -0.130. The number of carbonyl (C=O) groups is 2. The fraction of sp³-hybridized carbons (Fsp3) is 0.235. The Kier molecular flexibility index (Phi) is 4.25. The Balaban J connectivity index is 1.84. The van der Waals surface area contributed by atoms with Crippen molar-refractivity contribution in [2.45, 2.75) is 26.3 Å². The van der Waals surface area contributed by atoms with Crippen molar-refractivity contribution >= 4 is 34.6 Å². The van der Waals surface area contributed by atoms with E-state index < -0.39 is 0 Å². The zero-order chi connectivity index (χ0) is 16.4. The van der Waals surface area contributed by atoms with E-state index in [2.05, 4.69) is 10.4 Å². The molecule has 1 aliphatic rings. The largest absolute Gasteiger partial charge is 0.326 e. The molecule has 0 spiro atoms. The number of hydrazone groups is 1. The fourth-order valence-electron chi connectivity index (χ4n) is 2.63. The van der Waals surface area contributed by atoms with Crippen LogP contribution in [-0.4, -0.2) is 22.5 Å². The van der Waals surface area contributed by atoms with Gasteiger partial charge >= 0.3 is 0 Å². The monoisotopic (exact) mass is 327 g/mol. The molecule has 0 saturated carbocycles. The molecule has 1 aliphatic heterocycles. The molecule has 1 aromatic carbocycles. The molecule has 5 nitrogen and oxygen atoms in total. The summed E-state index contributed by atoms with van der Waals surface area (Å²) in [6.45, 7) is 3.01. The zero-order valence-corrected chi connectivity index (χ0v) is 13.8. The van der Waals surface area contributed by atoms with E-state index in [0.717, 1.165) is 21.8 Å². The molecule has 0 aliphatic carbocycles. The normalized spacial score (nSPS) is 17.0. The van der Waals surface area contributed by atoms with E-state index >= 15 is 0 Å². The van der Waals surface area contributed by atoms with Gasteiger partial charge in [-0.25, -0.2) is 5.01 Å². The molecule has 0 unspecified atom stereocenters. The molecule has 0 bridgehead atoms. The van der Waals surface area contributed by atoms with Crippen molar-refractivity contribution in [1.29, 1.82) is 0 Å². The molecule has 0 radical (unpaired) electrons. The predicted molar refractivity (Wildman–Crippen MR) is 91.5 cm³/mol. The maximum atomic E-state index is 11.9. The molecule has 2 heterocycles. The second-order valence-electron chi connectivity index (χ2n) is 5.40. The van der Waals surface area contributed by atoms with Crippen LogP contribution in [0, 0.1) is 0 Å². The number of anilines is 1. The van der Waals surface area contributed by atoms with Gasteiger partial charge in [0, 0.05) is 30.8 Å². The fourth-order valence-corrected chi connectivity index (χ4v) is 3.44. The van der Waals surface area contributed by atoms with Gasteiger partial charge in [-0.05, 0) is 29.1 Å². The highest BCUT2D eigenvalue weighted by atomic mass is 32.1. The van der Waals surface area contributed by atoms with Crippen LogP contribution < -0.4 is 5.32 Å². The molecule has 118 valence electrons. The van der Waals surface area contributed by atoms with E-state index in [9.17, 15) is 9.59 Å². The first-order chi connectivity index (χ1) is 11.0. The molecule has 3 rings (SSSR count). The van der Waals surface area contributed by atoms with Crippen molar-refractivity contribution in [2.75, 3.05) is 5.32 Å². The Bertz CT molecular complexity index is 751. The smallest absolute Gasteiger partial charge is 0.240 e. The van der Waals surface area contributed by atoms with Crippen molar-refractivity contribution in [3.05, 3.63) is 52.2 Å². The molecule has 6 heteroatoms. The third-order valence-electron chi connectivity index (χ3n) is 3.64. The number of benzene rings is 1. The molecular weight excluding hydrogens is 310 g/mol. The number of thiophene rings is 1. The van der Waals surface area contributed by atoms with Crippen LogP contribution in [0.1, 0.15) is 36.8 Å². The number of rotatable bonds is 3. The molecule has 1 N–H and O–H groups in total. The topological polar surface area (TPSA) is 61.8 Å². The Hall–Kier alpha value is -2.47. The van der Waals surface area contributed by atoms with Gasteiger partial charge in [0.2, 0.25) is 11.8 Å². The molecule has 1 atom stereocenters. The highest BCUT2D eigenvalue weighted by Crippen LogP contribution is 2.35. The molecule has 2 amide bonds. The zero-order valence-electron chi connectivity index (χ0n) is 12.9. The summed E-state index contributed by atoms with van der Waals surface area (Å²) in [7, 11) is 0. The minimum atomic E-state index is -0.100. The van der Waals surface area contributed by atoms with Gasteiger partial charge in [-0.3, -0.25) is 9.59 Å². The highest BCUT2D eigenvalue weighted by Gasteiger charge is 2.31. The van der Waals surface area contributed by atoms with Crippen molar-refractivity contribution < 1.29 is 9.59 Å². The summed E-state index contributed by atoms with van der Waals surface area (Å²) in [6, 6.07) is 11.5. The molecule has 0 fully saturated rings. The first kappa shape index (κ1) is 15.4. The Morgan fingerprint density at radius 2 is 1.96 bits per heavy atom. The lowest BCUT2D eigenvalue weighted by atomic mass is 10.0. The van der Waals surface area contributed by atoms with Crippen LogP contribution in [0.25, 0.3) is 0 Å². The maximum Gasteiger partial charge on any atom is 0.240 e. The third kappa shape index (κ3) is 3.32. The van der Waals surface area contributed by atoms with E-state index in [1.54, 1.807) is 16.3 Å². The van der Waals surface area contributed by atoms with Crippen molar-refractivity contribution in [2.24, 2.45) is 5.10 Å². The number of nitrogens with one attached hydrogen (secondary N) is 1. The van der Waals surface area contributed by atoms with E-state index in [-0.39, 0.29) is 17.9 Å². The summed E-state index contributed by atoms with van der Waals surface area (Å²) in [6.07, 6.45) is 0.694. The molecule has 0 saturated heterocycles. The summed E-state index contributed by atoms with van der Waals surface area (Å²) in [4.78, 5) is 24.1. The van der Waals surface area contributed by atoms with Crippen LogP contribution in [0.4, 0.5) is 5.69 Å². The van der Waals surface area contributed by atoms with E-state index in [0.29, 0.717) is 6.42 Å². The van der Waals surface area contributed by atoms with Crippen LogP contribution in [0.2, 0.25) is 0 Å². The second kappa shape index (κ2) is 6.34. The standard InChI is InChI=1S/C17H17N3O2S/c1-11(21)18-14-7-5-13(6-8-14)15-10-16(17-4-3-9-23-17)20(19-15)12(2)22/h3-9,16H,10H2,1-2H3,(H,18,21)/t16-/m0/s1. The van der Waals surface area contributed by atoms with E-state index in [4.69, 9.17) is 0 Å². The number of nitrogens with zero attached hydrogens (tertiary/aromatic N) is 2.